The summed E-state index contributed by atoms with van der Waals surface area (Å²) in [4.78, 5) is 27.5. The van der Waals surface area contributed by atoms with E-state index in [0.29, 0.717) is 0 Å². The van der Waals surface area contributed by atoms with Gasteiger partial charge in [-0.25, -0.2) is 8.78 Å². The van der Waals surface area contributed by atoms with Crippen LogP contribution in [-0.4, -0.2) is 28.9 Å². The molecule has 0 spiro atoms. The van der Waals surface area contributed by atoms with Gasteiger partial charge in [-0.05, 0) is 61.4 Å². The van der Waals surface area contributed by atoms with Gasteiger partial charge in [-0.2, -0.15) is 11.3 Å². The van der Waals surface area contributed by atoms with Crippen LogP contribution in [0.1, 0.15) is 42.7 Å². The van der Waals surface area contributed by atoms with Crippen molar-refractivity contribution in [1.82, 2.24) is 15.6 Å². The average Bonchev–Trinajstić information content (AvgIpc) is 3.32. The van der Waals surface area contributed by atoms with Crippen molar-refractivity contribution >= 4 is 34.1 Å². The number of fused-ring (bicyclic) bond motifs is 1. The predicted molar refractivity (Wildman–Crippen MR) is 106 cm³/mol. The van der Waals surface area contributed by atoms with Gasteiger partial charge >= 0.3 is 0 Å². The Hall–Kier alpha value is -2.74. The normalized spacial score (nSPS) is 12.8. The van der Waals surface area contributed by atoms with Crippen LogP contribution in [0.4, 0.5) is 8.78 Å². The van der Waals surface area contributed by atoms with Crippen molar-refractivity contribution in [2.45, 2.75) is 32.2 Å². The van der Waals surface area contributed by atoms with E-state index < -0.39 is 23.1 Å². The molecular weight excluding hydrogens is 384 g/mol. The van der Waals surface area contributed by atoms with E-state index >= 15 is 0 Å². The maximum Gasteiger partial charge on any atom is 0.267 e. The van der Waals surface area contributed by atoms with E-state index in [-0.39, 0.29) is 35.0 Å². The first-order chi connectivity index (χ1) is 13.2. The molecule has 8 heteroatoms. The maximum atomic E-state index is 13.8. The lowest BCUT2D eigenvalue weighted by molar-refractivity contribution is -0.123. The van der Waals surface area contributed by atoms with Crippen LogP contribution >= 0.6 is 11.3 Å². The highest BCUT2D eigenvalue weighted by Gasteiger charge is 2.25. The monoisotopic (exact) mass is 405 g/mol. The van der Waals surface area contributed by atoms with E-state index in [2.05, 4.69) is 15.6 Å². The van der Waals surface area contributed by atoms with Crippen LogP contribution in [0.2, 0.25) is 0 Å². The van der Waals surface area contributed by atoms with Crippen LogP contribution in [0.15, 0.2) is 35.0 Å². The van der Waals surface area contributed by atoms with Crippen molar-refractivity contribution < 1.29 is 18.4 Å². The Morgan fingerprint density at radius 3 is 2.57 bits per heavy atom. The van der Waals surface area contributed by atoms with Crippen molar-refractivity contribution in [3.05, 3.63) is 57.9 Å². The molecule has 2 heterocycles. The molecule has 5 nitrogen and oxygen atoms in total. The molecule has 0 saturated heterocycles. The third-order valence-corrected chi connectivity index (χ3v) is 5.22. The number of thiophene rings is 1. The molecule has 0 aliphatic heterocycles. The van der Waals surface area contributed by atoms with E-state index in [4.69, 9.17) is 0 Å². The van der Waals surface area contributed by atoms with Crippen LogP contribution < -0.4 is 10.6 Å². The van der Waals surface area contributed by atoms with Crippen LogP contribution in [0.3, 0.4) is 0 Å². The van der Waals surface area contributed by atoms with Gasteiger partial charge in [0.05, 0.1) is 17.0 Å². The summed E-state index contributed by atoms with van der Waals surface area (Å²) in [6, 6.07) is 5.19. The molecule has 1 unspecified atom stereocenters. The lowest BCUT2D eigenvalue weighted by atomic mass is 10.00. The van der Waals surface area contributed by atoms with Crippen molar-refractivity contribution in [1.29, 1.82) is 0 Å². The van der Waals surface area contributed by atoms with Gasteiger partial charge in [0, 0.05) is 11.9 Å². The third kappa shape index (κ3) is 4.22. The Labute approximate surface area is 165 Å². The Bertz CT molecular complexity index is 973. The minimum absolute atomic E-state index is 0.0160. The SMILES string of the molecule is CC(C(=O)NC(C)(C)CNC(=O)c1cc2c(F)ccc(F)c2[nH]1)c1ccsc1. The van der Waals surface area contributed by atoms with Gasteiger partial charge in [0.25, 0.3) is 5.91 Å². The van der Waals surface area contributed by atoms with Crippen LogP contribution in [0.25, 0.3) is 10.9 Å². The molecule has 1 atom stereocenters. The van der Waals surface area contributed by atoms with Crippen molar-refractivity contribution in [3.63, 3.8) is 0 Å². The van der Waals surface area contributed by atoms with Gasteiger partial charge in [0.15, 0.2) is 0 Å². The fourth-order valence-corrected chi connectivity index (χ4v) is 3.58. The van der Waals surface area contributed by atoms with Crippen LogP contribution in [0, 0.1) is 11.6 Å². The number of carbonyl (C=O) groups excluding carboxylic acids is 2. The molecule has 1 aromatic carbocycles. The summed E-state index contributed by atoms with van der Waals surface area (Å²) in [5, 5.41) is 9.46. The molecule has 0 fully saturated rings. The molecule has 3 rings (SSSR count). The molecule has 28 heavy (non-hydrogen) atoms. The van der Waals surface area contributed by atoms with Gasteiger partial charge in [-0.1, -0.05) is 0 Å². The summed E-state index contributed by atoms with van der Waals surface area (Å²) in [5.41, 5.74) is 0.221. The topological polar surface area (TPSA) is 74.0 Å². The van der Waals surface area contributed by atoms with E-state index in [1.165, 1.54) is 17.4 Å². The molecule has 0 saturated carbocycles. The van der Waals surface area contributed by atoms with Gasteiger partial charge in [0.1, 0.15) is 17.3 Å². The summed E-state index contributed by atoms with van der Waals surface area (Å²) in [6.45, 7) is 5.54. The van der Waals surface area contributed by atoms with E-state index in [0.717, 1.165) is 17.7 Å². The highest BCUT2D eigenvalue weighted by molar-refractivity contribution is 7.08. The van der Waals surface area contributed by atoms with Crippen molar-refractivity contribution in [2.75, 3.05) is 6.54 Å². The molecule has 3 N–H and O–H groups in total. The molecule has 148 valence electrons. The Balaban J connectivity index is 1.64. The highest BCUT2D eigenvalue weighted by Crippen LogP contribution is 2.22. The molecule has 2 amide bonds. The number of amides is 2. The molecule has 0 aliphatic carbocycles. The number of carbonyl (C=O) groups is 2. The van der Waals surface area contributed by atoms with Gasteiger partial charge in [-0.15, -0.1) is 0 Å². The average molecular weight is 405 g/mol. The summed E-state index contributed by atoms with van der Waals surface area (Å²) < 4.78 is 27.6. The standard InChI is InChI=1S/C20H21F2N3O2S/c1-11(12-6-7-28-9-12)18(26)25-20(2,3)10-23-19(27)16-8-13-14(21)4-5-15(22)17(13)24-16/h4-9,11,24H,10H2,1-3H3,(H,23,27)(H,25,26). The second kappa shape index (κ2) is 7.71. The minimum Gasteiger partial charge on any atom is -0.349 e. The first-order valence-electron chi connectivity index (χ1n) is 8.77. The molecule has 3 aromatic rings. The van der Waals surface area contributed by atoms with Crippen molar-refractivity contribution in [3.8, 4) is 0 Å². The highest BCUT2D eigenvalue weighted by atomic mass is 32.1. The van der Waals surface area contributed by atoms with Gasteiger partial charge in [0.2, 0.25) is 5.91 Å². The summed E-state index contributed by atoms with van der Waals surface area (Å²) in [5.74, 6) is -2.20. The van der Waals surface area contributed by atoms with Gasteiger partial charge < -0.3 is 15.6 Å². The maximum absolute atomic E-state index is 13.8. The smallest absolute Gasteiger partial charge is 0.267 e. The fourth-order valence-electron chi connectivity index (χ4n) is 2.83. The Morgan fingerprint density at radius 2 is 1.93 bits per heavy atom. The summed E-state index contributed by atoms with van der Waals surface area (Å²) in [7, 11) is 0. The van der Waals surface area contributed by atoms with Crippen molar-refractivity contribution in [2.24, 2.45) is 0 Å². The second-order valence-corrected chi connectivity index (χ2v) is 8.12. The zero-order valence-electron chi connectivity index (χ0n) is 15.7. The van der Waals surface area contributed by atoms with E-state index in [1.54, 1.807) is 13.8 Å². The lowest BCUT2D eigenvalue weighted by Gasteiger charge is -2.28. The van der Waals surface area contributed by atoms with Crippen LogP contribution in [0.5, 0.6) is 0 Å². The zero-order chi connectivity index (χ0) is 20.5. The molecule has 2 aromatic heterocycles. The number of benzene rings is 1. The quantitative estimate of drug-likeness (QED) is 0.581. The third-order valence-electron chi connectivity index (χ3n) is 4.52. The number of nitrogens with one attached hydrogen (secondary N) is 3. The largest absolute Gasteiger partial charge is 0.349 e. The number of hydrogen-bond acceptors (Lipinski definition) is 3. The molecule has 0 radical (unpaired) electrons. The van der Waals surface area contributed by atoms with Gasteiger partial charge in [-0.3, -0.25) is 9.59 Å². The number of hydrogen-bond donors (Lipinski definition) is 3. The fraction of sp³-hybridized carbons (Fsp3) is 0.300. The van der Waals surface area contributed by atoms with E-state index in [9.17, 15) is 18.4 Å². The predicted octanol–water partition coefficient (Wildman–Crippen LogP) is 3.94. The Kier molecular flexibility index (Phi) is 5.51. The second-order valence-electron chi connectivity index (χ2n) is 7.34. The molecular formula is C20H21F2N3O2S. The number of aromatic nitrogens is 1. The molecule has 0 bridgehead atoms. The molecule has 0 aliphatic rings. The summed E-state index contributed by atoms with van der Waals surface area (Å²) >= 11 is 1.52. The number of H-pyrrole nitrogens is 1. The zero-order valence-corrected chi connectivity index (χ0v) is 16.5. The number of rotatable bonds is 6. The Morgan fingerprint density at radius 1 is 1.21 bits per heavy atom. The van der Waals surface area contributed by atoms with E-state index in [1.807, 2.05) is 23.8 Å². The summed E-state index contributed by atoms with van der Waals surface area (Å²) in [6.07, 6.45) is 0. The first-order valence-corrected chi connectivity index (χ1v) is 9.71. The first kappa shape index (κ1) is 20.0. The minimum atomic E-state index is -0.709. The number of aromatic amines is 1. The number of halogens is 2. The van der Waals surface area contributed by atoms with Crippen LogP contribution in [-0.2, 0) is 4.79 Å². The lowest BCUT2D eigenvalue weighted by Crippen LogP contribution is -2.52.